The maximum atomic E-state index is 3.32. The third-order valence-electron chi connectivity index (χ3n) is 3.69. The van der Waals surface area contributed by atoms with Gasteiger partial charge in [-0.25, -0.2) is 0 Å². The van der Waals surface area contributed by atoms with Gasteiger partial charge in [-0.1, -0.05) is 52.0 Å². The van der Waals surface area contributed by atoms with E-state index in [1.807, 2.05) is 7.05 Å². The van der Waals surface area contributed by atoms with E-state index in [9.17, 15) is 0 Å². The van der Waals surface area contributed by atoms with E-state index in [-0.39, 0.29) is 5.41 Å². The van der Waals surface area contributed by atoms with E-state index >= 15 is 0 Å². The lowest BCUT2D eigenvalue weighted by Gasteiger charge is -2.21. The summed E-state index contributed by atoms with van der Waals surface area (Å²) in [6.07, 6.45) is 1.15. The highest BCUT2D eigenvalue weighted by molar-refractivity contribution is 5.27. The second kappa shape index (κ2) is 5.68. The van der Waals surface area contributed by atoms with Crippen LogP contribution in [0.4, 0.5) is 0 Å². The highest BCUT2D eigenvalue weighted by Gasteiger charge is 2.14. The first kappa shape index (κ1) is 14.2. The molecule has 0 saturated heterocycles. The standard InChI is InChI=1S/C16H27N/c1-12(13(2)17-6)11-14-7-9-15(10-8-14)16(3,4)5/h7-10,12-13,17H,11H2,1-6H3. The molecule has 1 aromatic rings. The van der Waals surface area contributed by atoms with Crippen molar-refractivity contribution in [1.29, 1.82) is 0 Å². The van der Waals surface area contributed by atoms with Crippen LogP contribution < -0.4 is 5.32 Å². The lowest BCUT2D eigenvalue weighted by Crippen LogP contribution is -2.29. The zero-order valence-corrected chi connectivity index (χ0v) is 12.2. The van der Waals surface area contributed by atoms with Crippen molar-refractivity contribution in [2.45, 2.75) is 52.5 Å². The molecule has 0 amide bonds. The molecule has 0 saturated carbocycles. The first-order valence-corrected chi connectivity index (χ1v) is 6.61. The van der Waals surface area contributed by atoms with Gasteiger partial charge in [0.2, 0.25) is 0 Å². The van der Waals surface area contributed by atoms with Gasteiger partial charge in [0.05, 0.1) is 0 Å². The van der Waals surface area contributed by atoms with Crippen LogP contribution in [0.1, 0.15) is 45.7 Å². The fraction of sp³-hybridized carbons (Fsp3) is 0.625. The van der Waals surface area contributed by atoms with Crippen molar-refractivity contribution in [3.8, 4) is 0 Å². The number of nitrogens with one attached hydrogen (secondary N) is 1. The summed E-state index contributed by atoms with van der Waals surface area (Å²) in [4.78, 5) is 0. The molecule has 2 atom stereocenters. The molecule has 0 fully saturated rings. The van der Waals surface area contributed by atoms with Crippen molar-refractivity contribution < 1.29 is 0 Å². The van der Waals surface area contributed by atoms with Gasteiger partial charge in [0.15, 0.2) is 0 Å². The van der Waals surface area contributed by atoms with E-state index in [1.54, 1.807) is 0 Å². The maximum Gasteiger partial charge on any atom is 0.00645 e. The molecule has 1 N–H and O–H groups in total. The predicted molar refractivity (Wildman–Crippen MR) is 76.5 cm³/mol. The molecule has 0 aliphatic rings. The molecule has 0 aromatic heterocycles. The molecule has 96 valence electrons. The highest BCUT2D eigenvalue weighted by atomic mass is 14.9. The molecule has 0 radical (unpaired) electrons. The van der Waals surface area contributed by atoms with Crippen LogP contribution in [-0.2, 0) is 11.8 Å². The summed E-state index contributed by atoms with van der Waals surface area (Å²) >= 11 is 0. The fourth-order valence-corrected chi connectivity index (χ4v) is 1.97. The van der Waals surface area contributed by atoms with E-state index in [0.29, 0.717) is 12.0 Å². The Bertz CT molecular complexity index is 332. The second-order valence-electron chi connectivity index (χ2n) is 6.21. The molecule has 1 nitrogen and oxygen atoms in total. The summed E-state index contributed by atoms with van der Waals surface area (Å²) in [5.74, 6) is 0.667. The van der Waals surface area contributed by atoms with Gasteiger partial charge in [-0.15, -0.1) is 0 Å². The first-order valence-electron chi connectivity index (χ1n) is 6.61. The monoisotopic (exact) mass is 233 g/mol. The van der Waals surface area contributed by atoms with E-state index in [0.717, 1.165) is 6.42 Å². The average Bonchev–Trinajstić information content (AvgIpc) is 2.27. The van der Waals surface area contributed by atoms with Crippen LogP contribution in [0.2, 0.25) is 0 Å². The largest absolute Gasteiger partial charge is 0.317 e. The van der Waals surface area contributed by atoms with E-state index < -0.39 is 0 Å². The van der Waals surface area contributed by atoms with E-state index in [4.69, 9.17) is 0 Å². The Morgan fingerprint density at radius 2 is 1.59 bits per heavy atom. The van der Waals surface area contributed by atoms with Crippen molar-refractivity contribution in [2.75, 3.05) is 7.05 Å². The molecule has 0 spiro atoms. The molecular formula is C16H27N. The Balaban J connectivity index is 2.69. The van der Waals surface area contributed by atoms with Gasteiger partial charge in [-0.3, -0.25) is 0 Å². The van der Waals surface area contributed by atoms with Crippen molar-refractivity contribution in [3.63, 3.8) is 0 Å². The third-order valence-corrected chi connectivity index (χ3v) is 3.69. The van der Waals surface area contributed by atoms with Crippen molar-refractivity contribution in [2.24, 2.45) is 5.92 Å². The van der Waals surface area contributed by atoms with Crippen LogP contribution in [0.15, 0.2) is 24.3 Å². The van der Waals surface area contributed by atoms with E-state index in [1.165, 1.54) is 11.1 Å². The Labute approximate surface area is 107 Å². The van der Waals surface area contributed by atoms with Gasteiger partial charge >= 0.3 is 0 Å². The normalized spacial score (nSPS) is 15.6. The van der Waals surface area contributed by atoms with Crippen molar-refractivity contribution >= 4 is 0 Å². The minimum Gasteiger partial charge on any atom is -0.317 e. The van der Waals surface area contributed by atoms with Crippen LogP contribution in [0.5, 0.6) is 0 Å². The minimum atomic E-state index is 0.252. The SMILES string of the molecule is CNC(C)C(C)Cc1ccc(C(C)(C)C)cc1. The average molecular weight is 233 g/mol. The van der Waals surface area contributed by atoms with E-state index in [2.05, 4.69) is 64.2 Å². The lowest BCUT2D eigenvalue weighted by molar-refractivity contribution is 0.424. The summed E-state index contributed by atoms with van der Waals surface area (Å²) < 4.78 is 0. The summed E-state index contributed by atoms with van der Waals surface area (Å²) in [6, 6.07) is 9.66. The van der Waals surface area contributed by atoms with Crippen LogP contribution in [-0.4, -0.2) is 13.1 Å². The summed E-state index contributed by atoms with van der Waals surface area (Å²) in [7, 11) is 2.03. The lowest BCUT2D eigenvalue weighted by atomic mass is 9.86. The smallest absolute Gasteiger partial charge is 0.00645 e. The first-order chi connectivity index (χ1) is 7.84. The molecule has 0 aliphatic carbocycles. The molecule has 1 rings (SSSR count). The molecule has 0 aliphatic heterocycles. The van der Waals surface area contributed by atoms with Crippen LogP contribution in [0.25, 0.3) is 0 Å². The van der Waals surface area contributed by atoms with Crippen molar-refractivity contribution in [3.05, 3.63) is 35.4 Å². The quantitative estimate of drug-likeness (QED) is 0.834. The van der Waals surface area contributed by atoms with Crippen LogP contribution in [0.3, 0.4) is 0 Å². The molecule has 0 bridgehead atoms. The fourth-order valence-electron chi connectivity index (χ4n) is 1.97. The zero-order valence-electron chi connectivity index (χ0n) is 12.2. The van der Waals surface area contributed by atoms with Gasteiger partial charge in [0, 0.05) is 6.04 Å². The topological polar surface area (TPSA) is 12.0 Å². The maximum absolute atomic E-state index is 3.32. The molecule has 0 heterocycles. The van der Waals surface area contributed by atoms with Gasteiger partial charge in [0.25, 0.3) is 0 Å². The Kier molecular flexibility index (Phi) is 4.76. The predicted octanol–water partition coefficient (Wildman–Crippen LogP) is 3.77. The number of benzene rings is 1. The number of hydrogen-bond donors (Lipinski definition) is 1. The van der Waals surface area contributed by atoms with Gasteiger partial charge < -0.3 is 5.32 Å². The number of hydrogen-bond acceptors (Lipinski definition) is 1. The molecule has 2 unspecified atom stereocenters. The summed E-state index contributed by atoms with van der Waals surface area (Å²) in [5.41, 5.74) is 3.10. The van der Waals surface area contributed by atoms with Crippen molar-refractivity contribution in [1.82, 2.24) is 5.32 Å². The van der Waals surface area contributed by atoms with Gasteiger partial charge in [0.1, 0.15) is 0 Å². The Morgan fingerprint density at radius 1 is 1.06 bits per heavy atom. The Morgan fingerprint density at radius 3 is 2.00 bits per heavy atom. The summed E-state index contributed by atoms with van der Waals surface area (Å²) in [5, 5.41) is 3.32. The second-order valence-corrected chi connectivity index (χ2v) is 6.21. The van der Waals surface area contributed by atoms with Gasteiger partial charge in [-0.05, 0) is 42.9 Å². The molecule has 17 heavy (non-hydrogen) atoms. The molecular weight excluding hydrogens is 206 g/mol. The minimum absolute atomic E-state index is 0.252. The number of rotatable bonds is 4. The third kappa shape index (κ3) is 4.16. The highest BCUT2D eigenvalue weighted by Crippen LogP contribution is 2.23. The zero-order chi connectivity index (χ0) is 13.1. The summed E-state index contributed by atoms with van der Waals surface area (Å²) in [6.45, 7) is 11.3. The van der Waals surface area contributed by atoms with Gasteiger partial charge in [-0.2, -0.15) is 0 Å². The molecule has 1 aromatic carbocycles. The van der Waals surface area contributed by atoms with Crippen LogP contribution >= 0.6 is 0 Å². The molecule has 1 heteroatoms. The Hall–Kier alpha value is -0.820. The van der Waals surface area contributed by atoms with Crippen LogP contribution in [0, 0.1) is 5.92 Å².